The van der Waals surface area contributed by atoms with Crippen LogP contribution >= 0.6 is 15.9 Å². The van der Waals surface area contributed by atoms with Crippen molar-refractivity contribution in [1.82, 2.24) is 9.88 Å². The first-order valence-electron chi connectivity index (χ1n) is 5.53. The zero-order valence-electron chi connectivity index (χ0n) is 9.73. The monoisotopic (exact) mass is 294 g/mol. The SMILES string of the molecule is CN(CCO)Cc1cc(Br)cc2cccnc12. The number of aliphatic hydroxyl groups excluding tert-OH is 1. The molecular formula is C13H15BrN2O. The summed E-state index contributed by atoms with van der Waals surface area (Å²) in [7, 11) is 1.99. The lowest BCUT2D eigenvalue weighted by Gasteiger charge is -2.16. The van der Waals surface area contributed by atoms with Gasteiger partial charge >= 0.3 is 0 Å². The fourth-order valence-electron chi connectivity index (χ4n) is 1.89. The molecule has 0 aliphatic heterocycles. The molecule has 0 bridgehead atoms. The standard InChI is InChI=1S/C13H15BrN2O/c1-16(5-6-17)9-11-8-12(14)7-10-3-2-4-15-13(10)11/h2-4,7-8,17H,5-6,9H2,1H3. The summed E-state index contributed by atoms with van der Waals surface area (Å²) in [6.07, 6.45) is 1.81. The summed E-state index contributed by atoms with van der Waals surface area (Å²) < 4.78 is 1.06. The first kappa shape index (κ1) is 12.5. The summed E-state index contributed by atoms with van der Waals surface area (Å²) in [4.78, 5) is 6.50. The van der Waals surface area contributed by atoms with Gasteiger partial charge in [-0.2, -0.15) is 0 Å². The second-order valence-electron chi connectivity index (χ2n) is 4.10. The van der Waals surface area contributed by atoms with Crippen LogP contribution in [-0.4, -0.2) is 35.2 Å². The summed E-state index contributed by atoms with van der Waals surface area (Å²) in [5, 5.41) is 10.0. The molecule has 4 heteroatoms. The molecule has 0 aliphatic carbocycles. The smallest absolute Gasteiger partial charge is 0.0747 e. The number of likely N-dealkylation sites (N-methyl/N-ethyl adjacent to an activating group) is 1. The van der Waals surface area contributed by atoms with E-state index in [4.69, 9.17) is 5.11 Å². The van der Waals surface area contributed by atoms with E-state index in [9.17, 15) is 0 Å². The van der Waals surface area contributed by atoms with E-state index in [0.717, 1.165) is 21.9 Å². The predicted molar refractivity (Wildman–Crippen MR) is 72.9 cm³/mol. The number of pyridine rings is 1. The number of halogens is 1. The second kappa shape index (κ2) is 5.58. The molecule has 90 valence electrons. The van der Waals surface area contributed by atoms with Crippen molar-refractivity contribution in [3.8, 4) is 0 Å². The van der Waals surface area contributed by atoms with Crippen LogP contribution in [0, 0.1) is 0 Å². The number of hydrogen-bond acceptors (Lipinski definition) is 3. The molecule has 0 amide bonds. The third-order valence-corrected chi connectivity index (χ3v) is 3.13. The van der Waals surface area contributed by atoms with Gasteiger partial charge in [-0.3, -0.25) is 9.88 Å². The highest BCUT2D eigenvalue weighted by Crippen LogP contribution is 2.23. The Kier molecular flexibility index (Phi) is 4.10. The van der Waals surface area contributed by atoms with Crippen molar-refractivity contribution >= 4 is 26.8 Å². The zero-order valence-corrected chi connectivity index (χ0v) is 11.3. The van der Waals surface area contributed by atoms with Gasteiger partial charge in [-0.25, -0.2) is 0 Å². The molecule has 17 heavy (non-hydrogen) atoms. The van der Waals surface area contributed by atoms with E-state index >= 15 is 0 Å². The number of nitrogens with zero attached hydrogens (tertiary/aromatic N) is 2. The fraction of sp³-hybridized carbons (Fsp3) is 0.308. The van der Waals surface area contributed by atoms with Crippen molar-refractivity contribution in [2.75, 3.05) is 20.2 Å². The van der Waals surface area contributed by atoms with Crippen molar-refractivity contribution in [3.63, 3.8) is 0 Å². The van der Waals surface area contributed by atoms with E-state index in [0.29, 0.717) is 6.54 Å². The van der Waals surface area contributed by atoms with Crippen molar-refractivity contribution in [2.45, 2.75) is 6.54 Å². The molecule has 1 N–H and O–H groups in total. The van der Waals surface area contributed by atoms with E-state index in [2.05, 4.69) is 44.0 Å². The largest absolute Gasteiger partial charge is 0.395 e. The quantitative estimate of drug-likeness (QED) is 0.941. The molecule has 2 rings (SSSR count). The van der Waals surface area contributed by atoms with Crippen LogP contribution in [0.3, 0.4) is 0 Å². The van der Waals surface area contributed by atoms with Crippen LogP contribution in [0.5, 0.6) is 0 Å². The summed E-state index contributed by atoms with van der Waals surface area (Å²) >= 11 is 3.52. The number of fused-ring (bicyclic) bond motifs is 1. The van der Waals surface area contributed by atoms with Crippen molar-refractivity contribution in [2.24, 2.45) is 0 Å². The van der Waals surface area contributed by atoms with Crippen LogP contribution in [0.2, 0.25) is 0 Å². The molecule has 3 nitrogen and oxygen atoms in total. The maximum absolute atomic E-state index is 8.92. The summed E-state index contributed by atoms with van der Waals surface area (Å²) in [6.45, 7) is 1.63. The molecule has 1 heterocycles. The number of aliphatic hydroxyl groups is 1. The summed E-state index contributed by atoms with van der Waals surface area (Å²) in [6, 6.07) is 8.15. The predicted octanol–water partition coefficient (Wildman–Crippen LogP) is 2.42. The average molecular weight is 295 g/mol. The minimum Gasteiger partial charge on any atom is -0.395 e. The molecular weight excluding hydrogens is 280 g/mol. The topological polar surface area (TPSA) is 36.4 Å². The van der Waals surface area contributed by atoms with Crippen LogP contribution in [0.1, 0.15) is 5.56 Å². The van der Waals surface area contributed by atoms with Crippen molar-refractivity contribution < 1.29 is 5.11 Å². The molecule has 0 unspecified atom stereocenters. The highest BCUT2D eigenvalue weighted by molar-refractivity contribution is 9.10. The van der Waals surface area contributed by atoms with Gasteiger partial charge in [0.2, 0.25) is 0 Å². The Morgan fingerprint density at radius 3 is 3.00 bits per heavy atom. The number of aromatic nitrogens is 1. The van der Waals surface area contributed by atoms with E-state index in [1.54, 1.807) is 0 Å². The minimum atomic E-state index is 0.176. The lowest BCUT2D eigenvalue weighted by Crippen LogP contribution is -2.21. The van der Waals surface area contributed by atoms with E-state index in [-0.39, 0.29) is 6.61 Å². The molecule has 0 aliphatic rings. The van der Waals surface area contributed by atoms with Crippen molar-refractivity contribution in [3.05, 3.63) is 40.5 Å². The van der Waals surface area contributed by atoms with Gasteiger partial charge in [0.05, 0.1) is 12.1 Å². The highest BCUT2D eigenvalue weighted by Gasteiger charge is 2.06. The molecule has 0 spiro atoms. The Morgan fingerprint density at radius 1 is 1.41 bits per heavy atom. The number of benzene rings is 1. The van der Waals surface area contributed by atoms with E-state index < -0.39 is 0 Å². The van der Waals surface area contributed by atoms with Gasteiger partial charge in [-0.1, -0.05) is 22.0 Å². The van der Waals surface area contributed by atoms with Crippen LogP contribution in [0.15, 0.2) is 34.9 Å². The third kappa shape index (κ3) is 3.03. The van der Waals surface area contributed by atoms with Gasteiger partial charge in [0.1, 0.15) is 0 Å². The highest BCUT2D eigenvalue weighted by atomic mass is 79.9. The van der Waals surface area contributed by atoms with Gasteiger partial charge in [0.15, 0.2) is 0 Å². The van der Waals surface area contributed by atoms with Gasteiger partial charge in [-0.15, -0.1) is 0 Å². The van der Waals surface area contributed by atoms with Crippen LogP contribution in [-0.2, 0) is 6.54 Å². The lowest BCUT2D eigenvalue weighted by atomic mass is 10.1. The maximum atomic E-state index is 8.92. The molecule has 0 fully saturated rings. The number of rotatable bonds is 4. The van der Waals surface area contributed by atoms with Gasteiger partial charge in [0, 0.05) is 29.1 Å². The molecule has 1 aromatic heterocycles. The minimum absolute atomic E-state index is 0.176. The Morgan fingerprint density at radius 2 is 2.24 bits per heavy atom. The first-order chi connectivity index (χ1) is 8.20. The van der Waals surface area contributed by atoms with Gasteiger partial charge < -0.3 is 5.11 Å². The molecule has 0 saturated heterocycles. The maximum Gasteiger partial charge on any atom is 0.0747 e. The molecule has 0 atom stereocenters. The molecule has 1 aromatic carbocycles. The van der Waals surface area contributed by atoms with E-state index in [1.807, 2.05) is 19.3 Å². The Labute approximate surface area is 109 Å². The molecule has 0 saturated carbocycles. The average Bonchev–Trinajstić information content (AvgIpc) is 2.29. The van der Waals surface area contributed by atoms with Crippen LogP contribution < -0.4 is 0 Å². The van der Waals surface area contributed by atoms with E-state index in [1.165, 1.54) is 5.56 Å². The Bertz CT molecular complexity index is 516. The van der Waals surface area contributed by atoms with Gasteiger partial charge in [-0.05, 0) is 30.8 Å². The number of hydrogen-bond donors (Lipinski definition) is 1. The van der Waals surface area contributed by atoms with Gasteiger partial charge in [0.25, 0.3) is 0 Å². The Hall–Kier alpha value is -0.970. The second-order valence-corrected chi connectivity index (χ2v) is 5.02. The lowest BCUT2D eigenvalue weighted by molar-refractivity contribution is 0.217. The summed E-state index contributed by atoms with van der Waals surface area (Å²) in [5.74, 6) is 0. The van der Waals surface area contributed by atoms with Crippen molar-refractivity contribution in [1.29, 1.82) is 0 Å². The van der Waals surface area contributed by atoms with Crippen LogP contribution in [0.25, 0.3) is 10.9 Å². The summed E-state index contributed by atoms with van der Waals surface area (Å²) in [5.41, 5.74) is 2.20. The normalized spacial score (nSPS) is 11.3. The first-order valence-corrected chi connectivity index (χ1v) is 6.32. The van der Waals surface area contributed by atoms with Crippen LogP contribution in [0.4, 0.5) is 0 Å². The molecule has 2 aromatic rings. The third-order valence-electron chi connectivity index (χ3n) is 2.67. The molecule has 0 radical (unpaired) electrons. The Balaban J connectivity index is 2.38. The zero-order chi connectivity index (χ0) is 12.3. The fourth-order valence-corrected chi connectivity index (χ4v) is 2.41.